The van der Waals surface area contributed by atoms with Crippen molar-refractivity contribution in [3.05, 3.63) is 263 Å². The molecule has 0 aliphatic rings. The van der Waals surface area contributed by atoms with E-state index >= 15 is 0 Å². The summed E-state index contributed by atoms with van der Waals surface area (Å²) < 4.78 is 4.87. The molecule has 0 saturated heterocycles. The Bertz CT molecular complexity index is 4270. The number of hydrogen-bond acceptors (Lipinski definition) is 1. The van der Waals surface area contributed by atoms with Gasteiger partial charge in [-0.15, -0.1) is 0 Å². The van der Waals surface area contributed by atoms with Gasteiger partial charge in [0, 0.05) is 32.7 Å². The molecule has 11 aromatic carbocycles. The first-order chi connectivity index (χ1) is 37.0. The number of nitriles is 1. The smallest absolute Gasteiger partial charge is 0.0992 e. The summed E-state index contributed by atoms with van der Waals surface area (Å²) in [6, 6.07) is 85.5. The molecule has 0 saturated carbocycles. The van der Waals surface area contributed by atoms with Crippen molar-refractivity contribution in [3.8, 4) is 84.2 Å². The zero-order chi connectivity index (χ0) is 51.8. The van der Waals surface area contributed by atoms with Crippen LogP contribution in [0.3, 0.4) is 0 Å². The van der Waals surface area contributed by atoms with Gasteiger partial charge in [0.25, 0.3) is 0 Å². The van der Waals surface area contributed by atoms with Crippen LogP contribution in [0.5, 0.6) is 0 Å². The molecule has 0 aliphatic heterocycles. The van der Waals surface area contributed by atoms with Crippen molar-refractivity contribution in [2.24, 2.45) is 0 Å². The summed E-state index contributed by atoms with van der Waals surface area (Å²) in [6.07, 6.45) is 0. The minimum atomic E-state index is 0.595. The third-order valence-electron chi connectivity index (χ3n) is 15.7. The molecule has 0 spiro atoms. The quantitative estimate of drug-likeness (QED) is 0.149. The van der Waals surface area contributed by atoms with Gasteiger partial charge in [-0.25, -0.2) is 0 Å². The van der Waals surface area contributed by atoms with Crippen molar-refractivity contribution in [1.29, 1.82) is 5.26 Å². The standard InChI is InChI=1S/C73H55N3/c1-45-7-17-52(18-8-45)56-25-32-69-64(39-56)65-40-57(53-19-9-46(2)10-20-53)26-33-70(65)75(69)68-36-29-60(61-30-15-49(5)37-50(61)6)43-63(68)62-31-16-51(44-74)38-73(62)76-71-34-27-58(54-21-11-47(3)12-22-54)41-66(71)67-42-59(28-35-72(67)76)55-23-13-48(4)14-24-55/h7-43H,1-6H3. The van der Waals surface area contributed by atoms with Gasteiger partial charge in [0.05, 0.1) is 45.1 Å². The molecule has 0 aliphatic carbocycles. The van der Waals surface area contributed by atoms with E-state index in [4.69, 9.17) is 0 Å². The number of fused-ring (bicyclic) bond motifs is 6. The van der Waals surface area contributed by atoms with Crippen LogP contribution in [0, 0.1) is 52.9 Å². The number of aryl methyl sites for hydroxylation is 6. The number of aromatic nitrogens is 2. The molecule has 0 bridgehead atoms. The van der Waals surface area contributed by atoms with E-state index in [1.807, 2.05) is 6.07 Å². The molecular weight excluding hydrogens is 919 g/mol. The summed E-state index contributed by atoms with van der Waals surface area (Å²) in [6.45, 7) is 12.9. The maximum absolute atomic E-state index is 10.8. The zero-order valence-corrected chi connectivity index (χ0v) is 43.7. The summed E-state index contributed by atoms with van der Waals surface area (Å²) >= 11 is 0. The Balaban J connectivity index is 1.11. The summed E-state index contributed by atoms with van der Waals surface area (Å²) in [5, 5.41) is 15.4. The molecule has 3 heteroatoms. The van der Waals surface area contributed by atoms with Crippen molar-refractivity contribution in [2.75, 3.05) is 0 Å². The van der Waals surface area contributed by atoms with Crippen LogP contribution in [0.15, 0.2) is 224 Å². The minimum Gasteiger partial charge on any atom is -0.309 e. The van der Waals surface area contributed by atoms with Crippen molar-refractivity contribution in [1.82, 2.24) is 9.13 Å². The Kier molecular flexibility index (Phi) is 11.3. The molecule has 362 valence electrons. The molecule has 0 N–H and O–H groups in total. The molecule has 76 heavy (non-hydrogen) atoms. The lowest BCUT2D eigenvalue weighted by atomic mass is 9.92. The van der Waals surface area contributed by atoms with E-state index in [1.54, 1.807) is 0 Å². The maximum atomic E-state index is 10.8. The largest absolute Gasteiger partial charge is 0.309 e. The Labute approximate surface area is 444 Å². The van der Waals surface area contributed by atoms with Gasteiger partial charge in [-0.3, -0.25) is 0 Å². The second kappa shape index (κ2) is 18.5. The Morgan fingerprint density at radius 3 is 0.987 bits per heavy atom. The molecule has 0 radical (unpaired) electrons. The van der Waals surface area contributed by atoms with Crippen molar-refractivity contribution < 1.29 is 0 Å². The summed E-state index contributed by atoms with van der Waals surface area (Å²) in [4.78, 5) is 0. The lowest BCUT2D eigenvalue weighted by molar-refractivity contribution is 1.16. The minimum absolute atomic E-state index is 0.595. The van der Waals surface area contributed by atoms with Crippen LogP contribution in [0.2, 0.25) is 0 Å². The average molecular weight is 974 g/mol. The molecule has 2 aromatic heterocycles. The molecule has 3 nitrogen and oxygen atoms in total. The van der Waals surface area contributed by atoms with Gasteiger partial charge in [-0.2, -0.15) is 5.26 Å². The molecule has 0 unspecified atom stereocenters. The lowest BCUT2D eigenvalue weighted by Gasteiger charge is -2.20. The first kappa shape index (κ1) is 46.3. The van der Waals surface area contributed by atoms with Crippen LogP contribution in [-0.4, -0.2) is 9.13 Å². The second-order valence-corrected chi connectivity index (χ2v) is 21.0. The molecule has 2 heterocycles. The molecule has 0 atom stereocenters. The van der Waals surface area contributed by atoms with E-state index in [9.17, 15) is 5.26 Å². The van der Waals surface area contributed by atoms with E-state index in [2.05, 4.69) is 275 Å². The highest BCUT2D eigenvalue weighted by atomic mass is 15.0. The van der Waals surface area contributed by atoms with Crippen molar-refractivity contribution in [2.45, 2.75) is 41.5 Å². The van der Waals surface area contributed by atoms with Gasteiger partial charge in [0.2, 0.25) is 0 Å². The van der Waals surface area contributed by atoms with Gasteiger partial charge in [0.1, 0.15) is 0 Å². The van der Waals surface area contributed by atoms with E-state index in [-0.39, 0.29) is 0 Å². The zero-order valence-electron chi connectivity index (χ0n) is 43.7. The Morgan fingerprint density at radius 1 is 0.263 bits per heavy atom. The van der Waals surface area contributed by atoms with E-state index in [0.717, 1.165) is 72.0 Å². The van der Waals surface area contributed by atoms with Crippen LogP contribution in [0.4, 0.5) is 0 Å². The fourth-order valence-electron chi connectivity index (χ4n) is 11.5. The van der Waals surface area contributed by atoms with E-state index in [0.29, 0.717) is 5.56 Å². The third kappa shape index (κ3) is 8.07. The number of nitrogens with zero attached hydrogens (tertiary/aromatic N) is 3. The summed E-state index contributed by atoms with van der Waals surface area (Å²) in [5.74, 6) is 0. The predicted octanol–water partition coefficient (Wildman–Crippen LogP) is 19.6. The fourth-order valence-corrected chi connectivity index (χ4v) is 11.5. The van der Waals surface area contributed by atoms with Crippen LogP contribution < -0.4 is 0 Å². The first-order valence-corrected chi connectivity index (χ1v) is 26.3. The Morgan fingerprint density at radius 2 is 0.605 bits per heavy atom. The monoisotopic (exact) mass is 973 g/mol. The first-order valence-electron chi connectivity index (χ1n) is 26.3. The average Bonchev–Trinajstić information content (AvgIpc) is 4.00. The predicted molar refractivity (Wildman–Crippen MR) is 321 cm³/mol. The lowest BCUT2D eigenvalue weighted by Crippen LogP contribution is -2.03. The van der Waals surface area contributed by atoms with Crippen molar-refractivity contribution in [3.63, 3.8) is 0 Å². The fraction of sp³-hybridized carbons (Fsp3) is 0.0822. The van der Waals surface area contributed by atoms with E-state index in [1.165, 1.54) is 83.1 Å². The molecular formula is C73H55N3. The van der Waals surface area contributed by atoms with Crippen LogP contribution in [0.25, 0.3) is 122 Å². The highest BCUT2D eigenvalue weighted by Crippen LogP contribution is 2.45. The summed E-state index contributed by atoms with van der Waals surface area (Å²) in [5.41, 5.74) is 28.1. The highest BCUT2D eigenvalue weighted by molar-refractivity contribution is 6.14. The number of benzene rings is 11. The van der Waals surface area contributed by atoms with Crippen LogP contribution in [-0.2, 0) is 0 Å². The molecule has 13 rings (SSSR count). The van der Waals surface area contributed by atoms with Gasteiger partial charge in [0.15, 0.2) is 0 Å². The maximum Gasteiger partial charge on any atom is 0.0992 e. The van der Waals surface area contributed by atoms with Gasteiger partial charge >= 0.3 is 0 Å². The van der Waals surface area contributed by atoms with Crippen molar-refractivity contribution >= 4 is 43.6 Å². The number of rotatable bonds is 8. The van der Waals surface area contributed by atoms with E-state index < -0.39 is 0 Å². The molecule has 13 aromatic rings. The van der Waals surface area contributed by atoms with Crippen LogP contribution >= 0.6 is 0 Å². The van der Waals surface area contributed by atoms with Crippen LogP contribution in [0.1, 0.15) is 38.9 Å². The normalized spacial score (nSPS) is 11.5. The van der Waals surface area contributed by atoms with Gasteiger partial charge in [-0.1, -0.05) is 179 Å². The second-order valence-electron chi connectivity index (χ2n) is 21.0. The molecule has 0 amide bonds. The SMILES string of the molecule is Cc1ccc(-c2ccc3c(c2)c2cc(-c4ccc(C)cc4)ccc2n3-c2ccc(-c3ccc(C)cc3C)cc2-c2ccc(C#N)cc2-n2c3ccc(-c4ccc(C)cc4)cc3c3cc(-c4ccc(C)cc4)ccc32)cc1. The summed E-state index contributed by atoms with van der Waals surface area (Å²) in [7, 11) is 0. The van der Waals surface area contributed by atoms with Gasteiger partial charge < -0.3 is 9.13 Å². The Hall–Kier alpha value is -9.49. The third-order valence-corrected chi connectivity index (χ3v) is 15.7. The highest BCUT2D eigenvalue weighted by Gasteiger charge is 2.23. The topological polar surface area (TPSA) is 33.6 Å². The molecule has 0 fully saturated rings. The van der Waals surface area contributed by atoms with Gasteiger partial charge in [-0.05, 0) is 176 Å². The number of hydrogen-bond donors (Lipinski definition) is 0.